The van der Waals surface area contributed by atoms with Gasteiger partial charge in [0.1, 0.15) is 5.75 Å². The van der Waals surface area contributed by atoms with Gasteiger partial charge in [0.25, 0.3) is 0 Å². The van der Waals surface area contributed by atoms with Crippen molar-refractivity contribution in [2.45, 2.75) is 51.0 Å². The molecular formula is C24H39N5O2. The minimum absolute atomic E-state index is 0.172. The van der Waals surface area contributed by atoms with Crippen LogP contribution in [0.2, 0.25) is 0 Å². The van der Waals surface area contributed by atoms with Gasteiger partial charge in [-0.05, 0) is 62.4 Å². The van der Waals surface area contributed by atoms with E-state index >= 15 is 0 Å². The predicted molar refractivity (Wildman–Crippen MR) is 125 cm³/mol. The zero-order valence-corrected chi connectivity index (χ0v) is 19.2. The van der Waals surface area contributed by atoms with Gasteiger partial charge in [-0.25, -0.2) is 0 Å². The van der Waals surface area contributed by atoms with Gasteiger partial charge < -0.3 is 20.7 Å². The second-order valence-corrected chi connectivity index (χ2v) is 8.62. The number of hydrogen-bond acceptors (Lipinski definition) is 4. The Hall–Kier alpha value is -2.28. The third kappa shape index (κ3) is 7.42. The number of likely N-dealkylation sites (tertiary alicyclic amines) is 1. The first-order valence-corrected chi connectivity index (χ1v) is 11.8. The van der Waals surface area contributed by atoms with Gasteiger partial charge in [0.05, 0.1) is 13.2 Å². The lowest BCUT2D eigenvalue weighted by Crippen LogP contribution is -2.44. The van der Waals surface area contributed by atoms with E-state index in [0.29, 0.717) is 25.4 Å². The van der Waals surface area contributed by atoms with Crippen LogP contribution in [-0.4, -0.2) is 63.6 Å². The largest absolute Gasteiger partial charge is 0.497 e. The third-order valence-corrected chi connectivity index (χ3v) is 6.46. The predicted octanol–water partition coefficient (Wildman–Crippen LogP) is 2.69. The van der Waals surface area contributed by atoms with E-state index in [9.17, 15) is 4.79 Å². The normalized spacial score (nSPS) is 18.7. The second-order valence-electron chi connectivity index (χ2n) is 8.62. The van der Waals surface area contributed by atoms with Crippen LogP contribution >= 0.6 is 0 Å². The molecule has 1 saturated heterocycles. The van der Waals surface area contributed by atoms with Gasteiger partial charge in [0.2, 0.25) is 5.91 Å². The first-order valence-electron chi connectivity index (χ1n) is 11.8. The molecule has 1 unspecified atom stereocenters. The van der Waals surface area contributed by atoms with Crippen LogP contribution in [0, 0.1) is 5.92 Å². The Balaban J connectivity index is 1.43. The number of nitrogens with one attached hydrogen (secondary N) is 3. The van der Waals surface area contributed by atoms with Crippen LogP contribution in [-0.2, 0) is 4.79 Å². The summed E-state index contributed by atoms with van der Waals surface area (Å²) >= 11 is 0. The lowest BCUT2D eigenvalue weighted by molar-refractivity contribution is -0.121. The second kappa shape index (κ2) is 12.5. The molecule has 1 atom stereocenters. The molecule has 1 aliphatic carbocycles. The summed E-state index contributed by atoms with van der Waals surface area (Å²) in [5.41, 5.74) is 1.28. The number of carbonyl (C=O) groups excluding carboxylic acids is 1. The molecule has 0 aromatic heterocycles. The highest BCUT2D eigenvalue weighted by molar-refractivity contribution is 5.80. The standard InChI is InChI=1S/C24H39N5O2/c1-25-24(27-14-13-26-23(30)17-19-7-3-4-8-19)28-18-22(29-15-5-6-16-29)20-9-11-21(31-2)12-10-20/h9-12,19,22H,3-8,13-18H2,1-2H3,(H,26,30)(H2,25,27,28). The lowest BCUT2D eigenvalue weighted by Gasteiger charge is -2.29. The maximum absolute atomic E-state index is 12.1. The van der Waals surface area contributed by atoms with E-state index in [-0.39, 0.29) is 11.9 Å². The van der Waals surface area contributed by atoms with Gasteiger partial charge in [-0.1, -0.05) is 25.0 Å². The monoisotopic (exact) mass is 429 g/mol. The summed E-state index contributed by atoms with van der Waals surface area (Å²) in [5, 5.41) is 9.82. The Morgan fingerprint density at radius 1 is 1.06 bits per heavy atom. The number of ether oxygens (including phenoxy) is 1. The van der Waals surface area contributed by atoms with E-state index in [0.717, 1.165) is 31.3 Å². The average Bonchev–Trinajstić information content (AvgIpc) is 3.50. The maximum atomic E-state index is 12.1. The molecule has 172 valence electrons. The fraction of sp³-hybridized carbons (Fsp3) is 0.667. The quantitative estimate of drug-likeness (QED) is 0.303. The van der Waals surface area contributed by atoms with Crippen LogP contribution in [0.15, 0.2) is 29.3 Å². The molecule has 3 rings (SSSR count). The molecule has 0 radical (unpaired) electrons. The van der Waals surface area contributed by atoms with Crippen molar-refractivity contribution in [1.82, 2.24) is 20.9 Å². The minimum Gasteiger partial charge on any atom is -0.497 e. The topological polar surface area (TPSA) is 78.0 Å². The van der Waals surface area contributed by atoms with Crippen LogP contribution in [0.4, 0.5) is 0 Å². The average molecular weight is 430 g/mol. The summed E-state index contributed by atoms with van der Waals surface area (Å²) in [6.45, 7) is 4.29. The molecule has 1 amide bonds. The number of nitrogens with zero attached hydrogens (tertiary/aromatic N) is 2. The number of guanidine groups is 1. The summed E-state index contributed by atoms with van der Waals surface area (Å²) in [6, 6.07) is 8.65. The van der Waals surface area contributed by atoms with E-state index < -0.39 is 0 Å². The molecule has 1 saturated carbocycles. The molecule has 1 aliphatic heterocycles. The summed E-state index contributed by atoms with van der Waals surface area (Å²) < 4.78 is 5.31. The minimum atomic E-state index is 0.172. The van der Waals surface area contributed by atoms with Crippen LogP contribution in [0.1, 0.15) is 56.6 Å². The van der Waals surface area contributed by atoms with Gasteiger partial charge in [-0.3, -0.25) is 14.7 Å². The highest BCUT2D eigenvalue weighted by Crippen LogP contribution is 2.27. The highest BCUT2D eigenvalue weighted by atomic mass is 16.5. The Morgan fingerprint density at radius 3 is 2.39 bits per heavy atom. The molecule has 1 aromatic rings. The third-order valence-electron chi connectivity index (χ3n) is 6.46. The number of carbonyl (C=O) groups is 1. The Kier molecular flexibility index (Phi) is 9.46. The SMILES string of the molecule is CN=C(NCCNC(=O)CC1CCCC1)NCC(c1ccc(OC)cc1)N1CCCC1. The molecule has 7 nitrogen and oxygen atoms in total. The molecule has 3 N–H and O–H groups in total. The first kappa shape index (κ1) is 23.4. The zero-order valence-electron chi connectivity index (χ0n) is 19.2. The number of methoxy groups -OCH3 is 1. The molecular weight excluding hydrogens is 390 g/mol. The van der Waals surface area contributed by atoms with E-state index in [1.165, 1.54) is 44.1 Å². The summed E-state index contributed by atoms with van der Waals surface area (Å²) in [5.74, 6) is 2.40. The van der Waals surface area contributed by atoms with Gasteiger partial charge in [-0.15, -0.1) is 0 Å². The van der Waals surface area contributed by atoms with Crippen LogP contribution in [0.3, 0.4) is 0 Å². The Bertz CT molecular complexity index is 694. The summed E-state index contributed by atoms with van der Waals surface area (Å²) in [6.07, 6.45) is 8.13. The first-order chi connectivity index (χ1) is 15.2. The van der Waals surface area contributed by atoms with E-state index in [1.807, 2.05) is 12.1 Å². The fourth-order valence-corrected chi connectivity index (χ4v) is 4.68. The van der Waals surface area contributed by atoms with Crippen molar-refractivity contribution in [3.05, 3.63) is 29.8 Å². The Morgan fingerprint density at radius 2 is 1.74 bits per heavy atom. The van der Waals surface area contributed by atoms with Gasteiger partial charge >= 0.3 is 0 Å². The lowest BCUT2D eigenvalue weighted by atomic mass is 10.0. The fourth-order valence-electron chi connectivity index (χ4n) is 4.68. The van der Waals surface area contributed by atoms with E-state index in [1.54, 1.807) is 14.2 Å². The highest BCUT2D eigenvalue weighted by Gasteiger charge is 2.24. The molecule has 0 spiro atoms. The van der Waals surface area contributed by atoms with Crippen LogP contribution in [0.5, 0.6) is 5.75 Å². The summed E-state index contributed by atoms with van der Waals surface area (Å²) in [4.78, 5) is 19.0. The molecule has 31 heavy (non-hydrogen) atoms. The Labute approximate surface area is 187 Å². The van der Waals surface area contributed by atoms with Gasteiger partial charge in [0, 0.05) is 33.1 Å². The van der Waals surface area contributed by atoms with Gasteiger partial charge in [0.15, 0.2) is 5.96 Å². The van der Waals surface area contributed by atoms with Crippen molar-refractivity contribution >= 4 is 11.9 Å². The smallest absolute Gasteiger partial charge is 0.220 e. The number of aliphatic imine (C=N–C) groups is 1. The van der Waals surface area contributed by atoms with Crippen molar-refractivity contribution in [2.75, 3.05) is 46.9 Å². The molecule has 1 heterocycles. The van der Waals surface area contributed by atoms with Crippen molar-refractivity contribution in [2.24, 2.45) is 10.9 Å². The van der Waals surface area contributed by atoms with E-state index in [4.69, 9.17) is 4.74 Å². The number of amides is 1. The number of rotatable bonds is 10. The maximum Gasteiger partial charge on any atom is 0.220 e. The zero-order chi connectivity index (χ0) is 21.9. The van der Waals surface area contributed by atoms with Crippen molar-refractivity contribution < 1.29 is 9.53 Å². The van der Waals surface area contributed by atoms with Crippen molar-refractivity contribution in [3.8, 4) is 5.75 Å². The van der Waals surface area contributed by atoms with Crippen LogP contribution in [0.25, 0.3) is 0 Å². The van der Waals surface area contributed by atoms with Gasteiger partial charge in [-0.2, -0.15) is 0 Å². The molecule has 2 fully saturated rings. The number of benzene rings is 1. The molecule has 7 heteroatoms. The van der Waals surface area contributed by atoms with Crippen LogP contribution < -0.4 is 20.7 Å². The molecule has 2 aliphatic rings. The number of hydrogen-bond donors (Lipinski definition) is 3. The molecule has 1 aromatic carbocycles. The van der Waals surface area contributed by atoms with E-state index in [2.05, 4.69) is 38.0 Å². The summed E-state index contributed by atoms with van der Waals surface area (Å²) in [7, 11) is 3.48. The van der Waals surface area contributed by atoms with Crippen molar-refractivity contribution in [1.29, 1.82) is 0 Å². The molecule has 0 bridgehead atoms. The van der Waals surface area contributed by atoms with Crippen molar-refractivity contribution in [3.63, 3.8) is 0 Å².